The third-order valence-electron chi connectivity index (χ3n) is 5.31. The number of pyridine rings is 1. The van der Waals surface area contributed by atoms with Gasteiger partial charge in [0.1, 0.15) is 18.5 Å². The van der Waals surface area contributed by atoms with Gasteiger partial charge in [-0.2, -0.15) is 0 Å². The summed E-state index contributed by atoms with van der Waals surface area (Å²) in [7, 11) is 0. The standard InChI is InChI=1S/C21H24N6O/c1-16-4-2-3-5-19(16)18-7-10-26(13-18)11-9-23-21(28)17-6-8-22-20(12-17)27-14-24-25-15-27/h2-6,8,12,14-15,18H,7,9-11,13H2,1H3,(H,23,28)/t18-/m0/s1. The Morgan fingerprint density at radius 1 is 1.21 bits per heavy atom. The maximum Gasteiger partial charge on any atom is 0.251 e. The Morgan fingerprint density at radius 2 is 2.04 bits per heavy atom. The zero-order valence-electron chi connectivity index (χ0n) is 16.0. The van der Waals surface area contributed by atoms with Crippen LogP contribution in [0, 0.1) is 6.92 Å². The van der Waals surface area contributed by atoms with E-state index in [1.165, 1.54) is 17.5 Å². The van der Waals surface area contributed by atoms with Gasteiger partial charge in [-0.15, -0.1) is 10.2 Å². The van der Waals surface area contributed by atoms with E-state index in [1.54, 1.807) is 35.6 Å². The first kappa shape index (κ1) is 18.3. The van der Waals surface area contributed by atoms with E-state index in [2.05, 4.69) is 56.6 Å². The molecule has 1 atom stereocenters. The molecule has 1 saturated heterocycles. The molecule has 1 aliphatic heterocycles. The van der Waals surface area contributed by atoms with Gasteiger partial charge in [-0.25, -0.2) is 4.98 Å². The minimum atomic E-state index is -0.0913. The highest BCUT2D eigenvalue weighted by atomic mass is 16.1. The second kappa shape index (κ2) is 8.31. The number of benzene rings is 1. The van der Waals surface area contributed by atoms with Crippen LogP contribution in [0.4, 0.5) is 0 Å². The van der Waals surface area contributed by atoms with E-state index in [4.69, 9.17) is 0 Å². The first-order valence-electron chi connectivity index (χ1n) is 9.58. The molecule has 2 aromatic heterocycles. The number of nitrogens with zero attached hydrogens (tertiary/aromatic N) is 5. The predicted octanol–water partition coefficient (Wildman–Crippen LogP) is 2.19. The molecule has 0 saturated carbocycles. The molecule has 0 aliphatic carbocycles. The van der Waals surface area contributed by atoms with Crippen LogP contribution in [0.5, 0.6) is 0 Å². The van der Waals surface area contributed by atoms with Gasteiger partial charge < -0.3 is 10.2 Å². The summed E-state index contributed by atoms with van der Waals surface area (Å²) in [5.74, 6) is 1.12. The van der Waals surface area contributed by atoms with E-state index in [0.29, 0.717) is 23.8 Å². The average Bonchev–Trinajstić information content (AvgIpc) is 3.41. The first-order chi connectivity index (χ1) is 13.7. The van der Waals surface area contributed by atoms with Crippen molar-refractivity contribution >= 4 is 5.91 Å². The van der Waals surface area contributed by atoms with Crippen LogP contribution in [0.2, 0.25) is 0 Å². The smallest absolute Gasteiger partial charge is 0.251 e. The van der Waals surface area contributed by atoms with Crippen molar-refractivity contribution < 1.29 is 4.79 Å². The summed E-state index contributed by atoms with van der Waals surface area (Å²) < 4.78 is 1.67. The number of aromatic nitrogens is 4. The normalized spacial score (nSPS) is 17.0. The van der Waals surface area contributed by atoms with Crippen molar-refractivity contribution in [3.05, 3.63) is 71.9 Å². The Balaban J connectivity index is 1.28. The summed E-state index contributed by atoms with van der Waals surface area (Å²) in [4.78, 5) is 19.1. The lowest BCUT2D eigenvalue weighted by Crippen LogP contribution is -2.33. The van der Waals surface area contributed by atoms with Crippen LogP contribution in [0.1, 0.15) is 33.8 Å². The number of hydrogen-bond donors (Lipinski definition) is 1. The maximum absolute atomic E-state index is 12.5. The van der Waals surface area contributed by atoms with Crippen LogP contribution in [-0.4, -0.2) is 56.7 Å². The molecule has 4 rings (SSSR count). The molecular weight excluding hydrogens is 352 g/mol. The molecule has 144 valence electrons. The summed E-state index contributed by atoms with van der Waals surface area (Å²) >= 11 is 0. The van der Waals surface area contributed by atoms with Gasteiger partial charge in [-0.3, -0.25) is 9.36 Å². The van der Waals surface area contributed by atoms with Crippen molar-refractivity contribution in [1.82, 2.24) is 30.0 Å². The molecular formula is C21H24N6O. The molecule has 7 nitrogen and oxygen atoms in total. The molecule has 28 heavy (non-hydrogen) atoms. The molecule has 0 spiro atoms. The number of amides is 1. The van der Waals surface area contributed by atoms with Gasteiger partial charge in [0.05, 0.1) is 0 Å². The molecule has 0 unspecified atom stereocenters. The number of likely N-dealkylation sites (tertiary alicyclic amines) is 1. The quantitative estimate of drug-likeness (QED) is 0.714. The summed E-state index contributed by atoms with van der Waals surface area (Å²) in [6.45, 7) is 5.79. The fourth-order valence-corrected chi connectivity index (χ4v) is 3.78. The zero-order valence-corrected chi connectivity index (χ0v) is 16.0. The van der Waals surface area contributed by atoms with Crippen LogP contribution in [-0.2, 0) is 0 Å². The minimum Gasteiger partial charge on any atom is -0.351 e. The number of hydrogen-bond acceptors (Lipinski definition) is 5. The van der Waals surface area contributed by atoms with Crippen molar-refractivity contribution in [2.75, 3.05) is 26.2 Å². The van der Waals surface area contributed by atoms with Crippen LogP contribution in [0.25, 0.3) is 5.82 Å². The largest absolute Gasteiger partial charge is 0.351 e. The number of aryl methyl sites for hydroxylation is 1. The van der Waals surface area contributed by atoms with E-state index in [0.717, 1.165) is 19.6 Å². The highest BCUT2D eigenvalue weighted by molar-refractivity contribution is 5.94. The van der Waals surface area contributed by atoms with E-state index in [9.17, 15) is 4.79 Å². The number of rotatable bonds is 6. The van der Waals surface area contributed by atoms with Crippen molar-refractivity contribution in [2.45, 2.75) is 19.3 Å². The highest BCUT2D eigenvalue weighted by Gasteiger charge is 2.24. The summed E-state index contributed by atoms with van der Waals surface area (Å²) in [5, 5.41) is 10.5. The monoisotopic (exact) mass is 376 g/mol. The van der Waals surface area contributed by atoms with Gasteiger partial charge >= 0.3 is 0 Å². The molecule has 1 aromatic carbocycles. The van der Waals surface area contributed by atoms with Crippen LogP contribution >= 0.6 is 0 Å². The second-order valence-corrected chi connectivity index (χ2v) is 7.17. The predicted molar refractivity (Wildman–Crippen MR) is 106 cm³/mol. The fourth-order valence-electron chi connectivity index (χ4n) is 3.78. The van der Waals surface area contributed by atoms with E-state index in [1.807, 2.05) is 0 Å². The molecule has 1 fully saturated rings. The van der Waals surface area contributed by atoms with Gasteiger partial charge in [0, 0.05) is 31.4 Å². The Bertz CT molecular complexity index is 940. The summed E-state index contributed by atoms with van der Waals surface area (Å²) in [5.41, 5.74) is 3.40. The van der Waals surface area contributed by atoms with Crippen LogP contribution in [0.15, 0.2) is 55.2 Å². The van der Waals surface area contributed by atoms with E-state index < -0.39 is 0 Å². The minimum absolute atomic E-state index is 0.0913. The second-order valence-electron chi connectivity index (χ2n) is 7.17. The van der Waals surface area contributed by atoms with Gasteiger partial charge in [0.25, 0.3) is 5.91 Å². The van der Waals surface area contributed by atoms with Crippen molar-refractivity contribution in [3.63, 3.8) is 0 Å². The molecule has 3 heterocycles. The van der Waals surface area contributed by atoms with Gasteiger partial charge in [-0.1, -0.05) is 24.3 Å². The number of nitrogens with one attached hydrogen (secondary N) is 1. The third-order valence-corrected chi connectivity index (χ3v) is 5.31. The van der Waals surface area contributed by atoms with Crippen molar-refractivity contribution in [3.8, 4) is 5.82 Å². The topological polar surface area (TPSA) is 75.9 Å². The third kappa shape index (κ3) is 4.09. The van der Waals surface area contributed by atoms with Gasteiger partial charge in [0.2, 0.25) is 0 Å². The fraction of sp³-hybridized carbons (Fsp3) is 0.333. The lowest BCUT2D eigenvalue weighted by Gasteiger charge is -2.17. The SMILES string of the molecule is Cc1ccccc1[C@H]1CCN(CCNC(=O)c2ccnc(-n3cnnc3)c2)C1. The molecule has 1 aliphatic rings. The molecule has 1 N–H and O–H groups in total. The summed E-state index contributed by atoms with van der Waals surface area (Å²) in [6.07, 6.45) is 5.91. The lowest BCUT2D eigenvalue weighted by atomic mass is 9.94. The van der Waals surface area contributed by atoms with Crippen molar-refractivity contribution in [1.29, 1.82) is 0 Å². The van der Waals surface area contributed by atoms with Crippen LogP contribution < -0.4 is 5.32 Å². The lowest BCUT2D eigenvalue weighted by molar-refractivity contribution is 0.0949. The molecule has 7 heteroatoms. The summed E-state index contributed by atoms with van der Waals surface area (Å²) in [6, 6.07) is 12.1. The zero-order chi connectivity index (χ0) is 19.3. The Morgan fingerprint density at radius 3 is 2.86 bits per heavy atom. The molecule has 1 amide bonds. The Labute approximate surface area is 164 Å². The van der Waals surface area contributed by atoms with Gasteiger partial charge in [-0.05, 0) is 49.1 Å². The van der Waals surface area contributed by atoms with E-state index >= 15 is 0 Å². The number of carbonyl (C=O) groups is 1. The van der Waals surface area contributed by atoms with Crippen molar-refractivity contribution in [2.24, 2.45) is 0 Å². The Hall–Kier alpha value is -3.06. The number of carbonyl (C=O) groups excluding carboxylic acids is 1. The van der Waals surface area contributed by atoms with Crippen LogP contribution in [0.3, 0.4) is 0 Å². The molecule has 0 bridgehead atoms. The van der Waals surface area contributed by atoms with Gasteiger partial charge in [0.15, 0.2) is 0 Å². The highest BCUT2D eigenvalue weighted by Crippen LogP contribution is 2.28. The first-order valence-corrected chi connectivity index (χ1v) is 9.58. The average molecular weight is 376 g/mol. The molecule has 0 radical (unpaired) electrons. The molecule has 3 aromatic rings. The van der Waals surface area contributed by atoms with E-state index in [-0.39, 0.29) is 5.91 Å². The Kier molecular flexibility index (Phi) is 5.43. The maximum atomic E-state index is 12.5.